The highest BCUT2D eigenvalue weighted by Crippen LogP contribution is 2.56. The lowest BCUT2D eigenvalue weighted by molar-refractivity contribution is -0.147. The first kappa shape index (κ1) is 31.9. The second-order valence-electron chi connectivity index (χ2n) is 10.8. The number of benzene rings is 2. The highest BCUT2D eigenvalue weighted by Gasteiger charge is 2.58. The molecule has 0 saturated heterocycles. The number of methoxy groups -OCH3 is 1. The molecule has 220 valence electrons. The summed E-state index contributed by atoms with van der Waals surface area (Å²) in [5, 5.41) is 17.3. The van der Waals surface area contributed by atoms with Gasteiger partial charge in [0.15, 0.2) is 0 Å². The van der Waals surface area contributed by atoms with E-state index < -0.39 is 59.0 Å². The molecule has 0 aliphatic heterocycles. The second kappa shape index (κ2) is 12.9. The van der Waals surface area contributed by atoms with Crippen LogP contribution in [0.1, 0.15) is 49.5 Å². The van der Waals surface area contributed by atoms with E-state index in [2.05, 4.69) is 16.0 Å². The quantitative estimate of drug-likeness (QED) is 0.298. The van der Waals surface area contributed by atoms with Crippen molar-refractivity contribution in [3.8, 4) is 0 Å². The van der Waals surface area contributed by atoms with Crippen LogP contribution in [0.25, 0.3) is 0 Å². The Morgan fingerprint density at radius 1 is 1.02 bits per heavy atom. The first-order chi connectivity index (χ1) is 19.2. The van der Waals surface area contributed by atoms with Crippen molar-refractivity contribution in [3.05, 3.63) is 63.6 Å². The summed E-state index contributed by atoms with van der Waals surface area (Å²) < 4.78 is 4.93. The van der Waals surface area contributed by atoms with Crippen LogP contribution in [0.15, 0.2) is 42.5 Å². The summed E-state index contributed by atoms with van der Waals surface area (Å²) in [6.45, 7) is 4.79. The summed E-state index contributed by atoms with van der Waals surface area (Å²) in [5.41, 5.74) is -0.497. The van der Waals surface area contributed by atoms with Crippen molar-refractivity contribution < 1.29 is 33.8 Å². The maximum atomic E-state index is 13.4. The fraction of sp³-hybridized carbons (Fsp3) is 0.414. The Balaban J connectivity index is 1.70. The van der Waals surface area contributed by atoms with Crippen LogP contribution in [-0.4, -0.2) is 54.5 Å². The molecule has 0 bridgehead atoms. The van der Waals surface area contributed by atoms with Gasteiger partial charge in [-0.2, -0.15) is 0 Å². The third-order valence-corrected chi connectivity index (χ3v) is 8.72. The van der Waals surface area contributed by atoms with Gasteiger partial charge in [-0.3, -0.25) is 19.2 Å². The Morgan fingerprint density at radius 3 is 2.20 bits per heavy atom. The lowest BCUT2D eigenvalue weighted by Gasteiger charge is -2.40. The number of amides is 3. The van der Waals surface area contributed by atoms with Crippen molar-refractivity contribution in [2.75, 3.05) is 19.0 Å². The van der Waals surface area contributed by atoms with Crippen molar-refractivity contribution in [2.45, 2.75) is 46.1 Å². The highest BCUT2D eigenvalue weighted by atomic mass is 35.5. The summed E-state index contributed by atoms with van der Waals surface area (Å²) >= 11 is 12.2. The maximum absolute atomic E-state index is 13.4. The van der Waals surface area contributed by atoms with Gasteiger partial charge in [-0.05, 0) is 48.1 Å². The Morgan fingerprint density at radius 2 is 1.63 bits per heavy atom. The minimum absolute atomic E-state index is 0.118. The van der Waals surface area contributed by atoms with Crippen molar-refractivity contribution in [1.82, 2.24) is 10.6 Å². The zero-order valence-corrected chi connectivity index (χ0v) is 24.7. The molecule has 0 unspecified atom stereocenters. The first-order valence-electron chi connectivity index (χ1n) is 12.9. The number of hydrogen-bond donors (Lipinski definition) is 4. The van der Waals surface area contributed by atoms with E-state index in [1.807, 2.05) is 0 Å². The summed E-state index contributed by atoms with van der Waals surface area (Å²) in [7, 11) is 1.23. The molecule has 3 atom stereocenters. The van der Waals surface area contributed by atoms with E-state index in [1.54, 1.807) is 63.2 Å². The van der Waals surface area contributed by atoms with Gasteiger partial charge in [0, 0.05) is 18.0 Å². The minimum atomic E-state index is -1.16. The molecule has 1 saturated carbocycles. The standard InChI is InChI=1S/C29H33Cl2N3O7/c1-28(2)18(12-13-29(28,3)27(40)32-15-22(35)36)24(37)34-21(26(39)41-4)14-16-8-10-17(11-9-16)33-25(38)23-19(30)6-5-7-20(23)31/h5-11,18,21H,12-15H2,1-4H3,(H,32,40)(H,33,38)(H,34,37)(H,35,36)/t18-,21+,29+/m1/s1. The van der Waals surface area contributed by atoms with E-state index in [4.69, 9.17) is 33.0 Å². The molecule has 0 heterocycles. The van der Waals surface area contributed by atoms with Crippen LogP contribution in [-0.2, 0) is 30.3 Å². The number of carbonyl (C=O) groups is 5. The Kier molecular flexibility index (Phi) is 10.0. The fourth-order valence-corrected chi connectivity index (χ4v) is 5.76. The Bertz CT molecular complexity index is 1330. The van der Waals surface area contributed by atoms with Crippen LogP contribution < -0.4 is 16.0 Å². The predicted molar refractivity (Wildman–Crippen MR) is 154 cm³/mol. The molecule has 2 aromatic rings. The number of carboxylic acid groups (broad SMARTS) is 1. The van der Waals surface area contributed by atoms with Crippen molar-refractivity contribution in [3.63, 3.8) is 0 Å². The average molecular weight is 607 g/mol. The van der Waals surface area contributed by atoms with Crippen LogP contribution in [0.5, 0.6) is 0 Å². The maximum Gasteiger partial charge on any atom is 0.328 e. The molecule has 0 radical (unpaired) electrons. The molecule has 3 amide bonds. The third kappa shape index (κ3) is 7.00. The number of hydrogen-bond acceptors (Lipinski definition) is 6. The molecule has 4 N–H and O–H groups in total. The second-order valence-corrected chi connectivity index (χ2v) is 11.6. The number of ether oxygens (including phenoxy) is 1. The molecule has 2 aromatic carbocycles. The molecule has 1 aliphatic carbocycles. The number of nitrogens with one attached hydrogen (secondary N) is 3. The summed E-state index contributed by atoms with van der Waals surface area (Å²) in [5.74, 6) is -3.72. The minimum Gasteiger partial charge on any atom is -0.480 e. The Labute approximate surface area is 248 Å². The smallest absolute Gasteiger partial charge is 0.328 e. The van der Waals surface area contributed by atoms with Crippen LogP contribution >= 0.6 is 23.2 Å². The van der Waals surface area contributed by atoms with Gasteiger partial charge in [-0.25, -0.2) is 4.79 Å². The number of esters is 1. The van der Waals surface area contributed by atoms with Crippen LogP contribution in [0.4, 0.5) is 5.69 Å². The van der Waals surface area contributed by atoms with Crippen molar-refractivity contribution in [2.24, 2.45) is 16.7 Å². The van der Waals surface area contributed by atoms with Gasteiger partial charge in [-0.15, -0.1) is 0 Å². The first-order valence-corrected chi connectivity index (χ1v) is 13.7. The molecule has 0 aromatic heterocycles. The van der Waals surface area contributed by atoms with E-state index in [-0.39, 0.29) is 22.0 Å². The zero-order valence-electron chi connectivity index (χ0n) is 23.2. The van der Waals surface area contributed by atoms with E-state index in [0.717, 1.165) is 0 Å². The molecule has 3 rings (SSSR count). The number of anilines is 1. The monoisotopic (exact) mass is 605 g/mol. The van der Waals surface area contributed by atoms with E-state index in [9.17, 15) is 24.0 Å². The lowest BCUT2D eigenvalue weighted by Crippen LogP contribution is -2.52. The molecule has 41 heavy (non-hydrogen) atoms. The Hall–Kier alpha value is -3.63. The van der Waals surface area contributed by atoms with Crippen molar-refractivity contribution in [1.29, 1.82) is 0 Å². The highest BCUT2D eigenvalue weighted by molar-refractivity contribution is 6.40. The fourth-order valence-electron chi connectivity index (χ4n) is 5.19. The number of aliphatic carboxylic acids is 1. The van der Waals surface area contributed by atoms with Crippen LogP contribution in [0.3, 0.4) is 0 Å². The van der Waals surface area contributed by atoms with Crippen molar-refractivity contribution >= 4 is 58.5 Å². The van der Waals surface area contributed by atoms with E-state index in [1.165, 1.54) is 7.11 Å². The average Bonchev–Trinajstić information content (AvgIpc) is 3.16. The zero-order chi connectivity index (χ0) is 30.5. The predicted octanol–water partition coefficient (Wildman–Crippen LogP) is 4.09. The molecular weight excluding hydrogens is 573 g/mol. The van der Waals surface area contributed by atoms with Gasteiger partial charge >= 0.3 is 11.9 Å². The summed E-state index contributed by atoms with van der Waals surface area (Å²) in [4.78, 5) is 62.5. The largest absolute Gasteiger partial charge is 0.480 e. The number of carboxylic acids is 1. The van der Waals surface area contributed by atoms with Gasteiger partial charge in [0.25, 0.3) is 5.91 Å². The molecule has 1 aliphatic rings. The summed E-state index contributed by atoms with van der Waals surface area (Å²) in [6.07, 6.45) is 0.874. The molecule has 1 fully saturated rings. The number of rotatable bonds is 10. The number of halogens is 2. The normalized spacial score (nSPS) is 20.0. The van der Waals surface area contributed by atoms with Crippen LogP contribution in [0, 0.1) is 16.7 Å². The van der Waals surface area contributed by atoms with Gasteiger partial charge in [-0.1, -0.05) is 62.2 Å². The van der Waals surface area contributed by atoms with E-state index >= 15 is 0 Å². The van der Waals surface area contributed by atoms with Gasteiger partial charge in [0.05, 0.1) is 28.1 Å². The topological polar surface area (TPSA) is 151 Å². The van der Waals surface area contributed by atoms with Crippen LogP contribution in [0.2, 0.25) is 10.0 Å². The lowest BCUT2D eigenvalue weighted by atomic mass is 9.65. The molecule has 10 nitrogen and oxygen atoms in total. The third-order valence-electron chi connectivity index (χ3n) is 8.09. The number of carbonyl (C=O) groups excluding carboxylic acids is 4. The van der Waals surface area contributed by atoms with E-state index in [0.29, 0.717) is 24.1 Å². The summed E-state index contributed by atoms with van der Waals surface area (Å²) in [6, 6.07) is 10.5. The van der Waals surface area contributed by atoms with Gasteiger partial charge in [0.1, 0.15) is 12.6 Å². The molecule has 12 heteroatoms. The molecule has 0 spiro atoms. The molecular formula is C29H33Cl2N3O7. The van der Waals surface area contributed by atoms with Gasteiger partial charge in [0.2, 0.25) is 11.8 Å². The van der Waals surface area contributed by atoms with Gasteiger partial charge < -0.3 is 25.8 Å². The SMILES string of the molecule is COC(=O)[C@H](Cc1ccc(NC(=O)c2c(Cl)cccc2Cl)cc1)NC(=O)[C@H]1CC[C@@](C)(C(=O)NCC(=O)O)C1(C)C.